The lowest BCUT2D eigenvalue weighted by Crippen LogP contribution is -2.30. The standard InChI is InChI=1S/C11H17N5S/c1-3-8-4-11(16(2)15-8)10(14-12)5-9-6-13-7-17-9/h4,6-7,10,14H,3,5,12H2,1-2H3. The molecule has 0 aliphatic rings. The normalized spacial score (nSPS) is 12.9. The van der Waals surface area contributed by atoms with Crippen LogP contribution in [0.15, 0.2) is 17.8 Å². The first kappa shape index (κ1) is 12.2. The van der Waals surface area contributed by atoms with E-state index in [2.05, 4.69) is 28.5 Å². The van der Waals surface area contributed by atoms with Gasteiger partial charge in [0.1, 0.15) is 0 Å². The third-order valence-corrected chi connectivity index (χ3v) is 3.58. The highest BCUT2D eigenvalue weighted by atomic mass is 32.1. The smallest absolute Gasteiger partial charge is 0.0794 e. The first-order chi connectivity index (χ1) is 8.24. The number of hydrazine groups is 1. The van der Waals surface area contributed by atoms with Crippen LogP contribution < -0.4 is 11.3 Å². The third kappa shape index (κ3) is 2.71. The van der Waals surface area contributed by atoms with Crippen molar-refractivity contribution >= 4 is 11.3 Å². The van der Waals surface area contributed by atoms with Gasteiger partial charge in [0.2, 0.25) is 0 Å². The lowest BCUT2D eigenvalue weighted by atomic mass is 10.1. The van der Waals surface area contributed by atoms with Crippen molar-refractivity contribution in [2.45, 2.75) is 25.8 Å². The minimum absolute atomic E-state index is 0.0771. The monoisotopic (exact) mass is 251 g/mol. The highest BCUT2D eigenvalue weighted by Gasteiger charge is 2.16. The van der Waals surface area contributed by atoms with Crippen molar-refractivity contribution < 1.29 is 0 Å². The number of hydrogen-bond donors (Lipinski definition) is 2. The summed E-state index contributed by atoms with van der Waals surface area (Å²) in [5.41, 5.74) is 6.89. The van der Waals surface area contributed by atoms with Crippen molar-refractivity contribution in [3.05, 3.63) is 34.0 Å². The number of aromatic nitrogens is 3. The zero-order chi connectivity index (χ0) is 12.3. The van der Waals surface area contributed by atoms with E-state index in [-0.39, 0.29) is 6.04 Å². The largest absolute Gasteiger partial charge is 0.271 e. The van der Waals surface area contributed by atoms with Crippen LogP contribution in [-0.2, 0) is 19.9 Å². The molecule has 1 unspecified atom stereocenters. The van der Waals surface area contributed by atoms with E-state index in [0.717, 1.165) is 24.2 Å². The van der Waals surface area contributed by atoms with E-state index in [0.29, 0.717) is 0 Å². The molecule has 2 heterocycles. The quantitative estimate of drug-likeness (QED) is 0.618. The van der Waals surface area contributed by atoms with Gasteiger partial charge >= 0.3 is 0 Å². The Hall–Kier alpha value is -1.24. The molecule has 0 saturated carbocycles. The Morgan fingerprint density at radius 1 is 1.59 bits per heavy atom. The fraction of sp³-hybridized carbons (Fsp3) is 0.455. The summed E-state index contributed by atoms with van der Waals surface area (Å²) >= 11 is 1.64. The summed E-state index contributed by atoms with van der Waals surface area (Å²) in [6.07, 6.45) is 3.65. The maximum Gasteiger partial charge on any atom is 0.0794 e. The van der Waals surface area contributed by atoms with Crippen LogP contribution in [0.5, 0.6) is 0 Å². The van der Waals surface area contributed by atoms with Gasteiger partial charge in [-0.3, -0.25) is 20.9 Å². The highest BCUT2D eigenvalue weighted by Crippen LogP contribution is 2.20. The predicted molar refractivity (Wildman–Crippen MR) is 68.5 cm³/mol. The lowest BCUT2D eigenvalue weighted by Gasteiger charge is -2.14. The Bertz CT molecular complexity index is 462. The van der Waals surface area contributed by atoms with Gasteiger partial charge in [-0.2, -0.15) is 5.10 Å². The van der Waals surface area contributed by atoms with Crippen LogP contribution in [0.25, 0.3) is 0 Å². The lowest BCUT2D eigenvalue weighted by molar-refractivity contribution is 0.510. The molecular weight excluding hydrogens is 234 g/mol. The fourth-order valence-electron chi connectivity index (χ4n) is 1.84. The number of thiazole rings is 1. The minimum atomic E-state index is 0.0771. The SMILES string of the molecule is CCc1cc(C(Cc2cncs2)NN)n(C)n1. The van der Waals surface area contributed by atoms with E-state index >= 15 is 0 Å². The molecule has 0 saturated heterocycles. The van der Waals surface area contributed by atoms with E-state index in [4.69, 9.17) is 5.84 Å². The molecule has 2 rings (SSSR count). The van der Waals surface area contributed by atoms with E-state index in [9.17, 15) is 0 Å². The topological polar surface area (TPSA) is 68.8 Å². The Morgan fingerprint density at radius 2 is 2.41 bits per heavy atom. The van der Waals surface area contributed by atoms with E-state index in [1.165, 1.54) is 4.88 Å². The molecule has 0 aliphatic heterocycles. The Balaban J connectivity index is 2.19. The van der Waals surface area contributed by atoms with Crippen molar-refractivity contribution in [1.82, 2.24) is 20.2 Å². The number of nitrogens with zero attached hydrogens (tertiary/aromatic N) is 3. The minimum Gasteiger partial charge on any atom is -0.271 e. The molecule has 0 aromatic carbocycles. The molecule has 0 spiro atoms. The summed E-state index contributed by atoms with van der Waals surface area (Å²) in [4.78, 5) is 5.29. The van der Waals surface area contributed by atoms with Gasteiger partial charge in [0.15, 0.2) is 0 Å². The molecule has 2 aromatic rings. The second kappa shape index (κ2) is 5.39. The van der Waals surface area contributed by atoms with Crippen molar-refractivity contribution in [2.75, 3.05) is 0 Å². The van der Waals surface area contributed by atoms with Crippen molar-refractivity contribution in [1.29, 1.82) is 0 Å². The summed E-state index contributed by atoms with van der Waals surface area (Å²) < 4.78 is 1.89. The van der Waals surface area contributed by atoms with E-state index in [1.54, 1.807) is 11.3 Å². The fourth-order valence-corrected chi connectivity index (χ4v) is 2.48. The van der Waals surface area contributed by atoms with Crippen LogP contribution in [0, 0.1) is 0 Å². The molecule has 0 aliphatic carbocycles. The maximum atomic E-state index is 5.63. The van der Waals surface area contributed by atoms with Gasteiger partial charge in [0.05, 0.1) is 22.9 Å². The van der Waals surface area contributed by atoms with Crippen molar-refractivity contribution in [2.24, 2.45) is 12.9 Å². The molecule has 0 fully saturated rings. The second-order valence-electron chi connectivity index (χ2n) is 3.93. The molecule has 5 nitrogen and oxygen atoms in total. The first-order valence-corrected chi connectivity index (χ1v) is 6.48. The summed E-state index contributed by atoms with van der Waals surface area (Å²) in [6.45, 7) is 2.10. The summed E-state index contributed by atoms with van der Waals surface area (Å²) in [7, 11) is 1.95. The van der Waals surface area contributed by atoms with Gasteiger partial charge in [0.25, 0.3) is 0 Å². The molecule has 1 atom stereocenters. The Kier molecular flexibility index (Phi) is 3.88. The summed E-state index contributed by atoms with van der Waals surface area (Å²) in [5.74, 6) is 5.63. The molecule has 6 heteroatoms. The molecule has 2 aromatic heterocycles. The van der Waals surface area contributed by atoms with Crippen molar-refractivity contribution in [3.63, 3.8) is 0 Å². The van der Waals surface area contributed by atoms with Gasteiger partial charge in [-0.25, -0.2) is 0 Å². The van der Waals surface area contributed by atoms with Gasteiger partial charge in [-0.1, -0.05) is 6.92 Å². The van der Waals surface area contributed by atoms with Crippen LogP contribution >= 0.6 is 11.3 Å². The van der Waals surface area contributed by atoms with E-state index in [1.807, 2.05) is 23.4 Å². The molecule has 3 N–H and O–H groups in total. The van der Waals surface area contributed by atoms with Crippen molar-refractivity contribution in [3.8, 4) is 0 Å². The first-order valence-electron chi connectivity index (χ1n) is 5.61. The zero-order valence-corrected chi connectivity index (χ0v) is 10.9. The number of rotatable bonds is 5. The number of nitrogens with two attached hydrogens (primary N) is 1. The molecule has 0 radical (unpaired) electrons. The average molecular weight is 251 g/mol. The summed E-state index contributed by atoms with van der Waals surface area (Å²) in [6, 6.07) is 2.18. The molecule has 92 valence electrons. The van der Waals surface area contributed by atoms with Crippen LogP contribution in [0.1, 0.15) is 29.2 Å². The molecule has 0 amide bonds. The van der Waals surface area contributed by atoms with E-state index < -0.39 is 0 Å². The van der Waals surface area contributed by atoms with Crippen LogP contribution in [0.2, 0.25) is 0 Å². The van der Waals surface area contributed by atoms with Gasteiger partial charge in [-0.15, -0.1) is 11.3 Å². The van der Waals surface area contributed by atoms with Crippen LogP contribution in [0.4, 0.5) is 0 Å². The number of hydrogen-bond acceptors (Lipinski definition) is 5. The molecular formula is C11H17N5S. The van der Waals surface area contributed by atoms with Gasteiger partial charge in [-0.05, 0) is 12.5 Å². The van der Waals surface area contributed by atoms with Crippen LogP contribution in [-0.4, -0.2) is 14.8 Å². The zero-order valence-electron chi connectivity index (χ0n) is 10.1. The third-order valence-electron chi connectivity index (χ3n) is 2.78. The predicted octanol–water partition coefficient (Wildman–Crippen LogP) is 1.19. The Morgan fingerprint density at radius 3 is 2.94 bits per heavy atom. The molecule has 0 bridgehead atoms. The summed E-state index contributed by atoms with van der Waals surface area (Å²) in [5, 5.41) is 4.44. The van der Waals surface area contributed by atoms with Gasteiger partial charge in [0, 0.05) is 24.5 Å². The average Bonchev–Trinajstić information content (AvgIpc) is 2.95. The maximum absolute atomic E-state index is 5.63. The highest BCUT2D eigenvalue weighted by molar-refractivity contribution is 7.09. The number of nitrogens with one attached hydrogen (secondary N) is 1. The van der Waals surface area contributed by atoms with Gasteiger partial charge < -0.3 is 0 Å². The Labute approximate surface area is 105 Å². The van der Waals surface area contributed by atoms with Crippen LogP contribution in [0.3, 0.4) is 0 Å². The molecule has 17 heavy (non-hydrogen) atoms. The number of aryl methyl sites for hydroxylation is 2. The second-order valence-corrected chi connectivity index (χ2v) is 4.90.